The van der Waals surface area contributed by atoms with E-state index in [4.69, 9.17) is 0 Å². The van der Waals surface area contributed by atoms with Crippen LogP contribution in [0.1, 0.15) is 12.5 Å². The van der Waals surface area contributed by atoms with Gasteiger partial charge in [0.05, 0.1) is 0 Å². The Balaban J connectivity index is 2.69. The van der Waals surface area contributed by atoms with Crippen LogP contribution < -0.4 is 0 Å². The SMILES string of the molecule is C/C=C(\C=C\c1ccccc1)C[Si](C)(C)C. The molecule has 0 heterocycles. The van der Waals surface area contributed by atoms with Gasteiger partial charge in [-0.05, 0) is 18.5 Å². The van der Waals surface area contributed by atoms with Crippen molar-refractivity contribution in [2.45, 2.75) is 32.6 Å². The topological polar surface area (TPSA) is 0 Å². The largest absolute Gasteiger partial charge is 0.0847 e. The second-order valence-corrected chi connectivity index (χ2v) is 10.8. The van der Waals surface area contributed by atoms with Crippen molar-refractivity contribution in [3.8, 4) is 0 Å². The van der Waals surface area contributed by atoms with Crippen LogP contribution in [0.2, 0.25) is 25.7 Å². The molecule has 16 heavy (non-hydrogen) atoms. The lowest BCUT2D eigenvalue weighted by Gasteiger charge is -2.16. The van der Waals surface area contributed by atoms with E-state index >= 15 is 0 Å². The molecule has 0 aliphatic rings. The monoisotopic (exact) mass is 230 g/mol. The molecule has 0 saturated heterocycles. The van der Waals surface area contributed by atoms with Gasteiger partial charge in [-0.2, -0.15) is 0 Å². The van der Waals surface area contributed by atoms with E-state index in [0.29, 0.717) is 0 Å². The Kier molecular flexibility index (Phi) is 4.75. The lowest BCUT2D eigenvalue weighted by Crippen LogP contribution is -2.19. The van der Waals surface area contributed by atoms with Crippen molar-refractivity contribution in [2.24, 2.45) is 0 Å². The maximum Gasteiger partial charge on any atom is 0.0486 e. The van der Waals surface area contributed by atoms with E-state index in [2.05, 4.69) is 75.1 Å². The third-order valence-electron chi connectivity index (χ3n) is 2.39. The summed E-state index contributed by atoms with van der Waals surface area (Å²) in [5.74, 6) is 0. The molecular weight excluding hydrogens is 208 g/mol. The zero-order valence-corrected chi connectivity index (χ0v) is 11.8. The molecule has 1 rings (SSSR count). The number of benzene rings is 1. The standard InChI is InChI=1S/C15H22Si/c1-5-14(13-16(2,3)4)11-12-15-9-7-6-8-10-15/h5-12H,13H2,1-4H3/b12-11+,14-5+. The first kappa shape index (κ1) is 13.0. The van der Waals surface area contributed by atoms with Gasteiger partial charge in [0.25, 0.3) is 0 Å². The fraction of sp³-hybridized carbons (Fsp3) is 0.333. The zero-order valence-electron chi connectivity index (χ0n) is 10.8. The summed E-state index contributed by atoms with van der Waals surface area (Å²) in [6.07, 6.45) is 6.70. The summed E-state index contributed by atoms with van der Waals surface area (Å²) >= 11 is 0. The summed E-state index contributed by atoms with van der Waals surface area (Å²) in [5, 5.41) is 0. The first-order valence-electron chi connectivity index (χ1n) is 5.89. The minimum atomic E-state index is -0.999. The van der Waals surface area contributed by atoms with Gasteiger partial charge in [-0.25, -0.2) is 0 Å². The van der Waals surface area contributed by atoms with Crippen LogP contribution in [0.4, 0.5) is 0 Å². The fourth-order valence-corrected chi connectivity index (χ4v) is 3.18. The Morgan fingerprint density at radius 1 is 1.12 bits per heavy atom. The molecule has 86 valence electrons. The Morgan fingerprint density at radius 2 is 1.75 bits per heavy atom. The fourth-order valence-electron chi connectivity index (χ4n) is 1.64. The minimum Gasteiger partial charge on any atom is -0.0847 e. The molecule has 1 heteroatoms. The highest BCUT2D eigenvalue weighted by Gasteiger charge is 2.13. The third kappa shape index (κ3) is 5.13. The molecule has 0 nitrogen and oxygen atoms in total. The first-order valence-corrected chi connectivity index (χ1v) is 9.60. The molecule has 0 spiro atoms. The summed E-state index contributed by atoms with van der Waals surface area (Å²) in [6, 6.07) is 11.7. The van der Waals surface area contributed by atoms with Gasteiger partial charge in [-0.3, -0.25) is 0 Å². The number of hydrogen-bond donors (Lipinski definition) is 0. The van der Waals surface area contributed by atoms with Crippen molar-refractivity contribution >= 4 is 14.1 Å². The van der Waals surface area contributed by atoms with Crippen molar-refractivity contribution in [1.82, 2.24) is 0 Å². The molecule has 0 aromatic heterocycles. The molecular formula is C15H22Si. The van der Waals surface area contributed by atoms with E-state index in [1.807, 2.05) is 0 Å². The van der Waals surface area contributed by atoms with E-state index < -0.39 is 8.07 Å². The van der Waals surface area contributed by atoms with Crippen LogP contribution in [-0.2, 0) is 0 Å². The van der Waals surface area contributed by atoms with Gasteiger partial charge >= 0.3 is 0 Å². The van der Waals surface area contributed by atoms with Crippen molar-refractivity contribution in [1.29, 1.82) is 0 Å². The molecule has 0 fully saturated rings. The van der Waals surface area contributed by atoms with Gasteiger partial charge in [0.2, 0.25) is 0 Å². The Bertz CT molecular complexity index is 366. The molecule has 0 unspecified atom stereocenters. The highest BCUT2D eigenvalue weighted by Crippen LogP contribution is 2.18. The molecule has 0 bridgehead atoms. The molecule has 1 aromatic carbocycles. The van der Waals surface area contributed by atoms with Crippen molar-refractivity contribution in [3.05, 3.63) is 53.6 Å². The predicted octanol–water partition coefficient (Wildman–Crippen LogP) is 4.98. The summed E-state index contributed by atoms with van der Waals surface area (Å²) in [4.78, 5) is 0. The van der Waals surface area contributed by atoms with Crippen molar-refractivity contribution in [3.63, 3.8) is 0 Å². The van der Waals surface area contributed by atoms with E-state index in [0.717, 1.165) is 0 Å². The maximum atomic E-state index is 2.41. The van der Waals surface area contributed by atoms with Crippen molar-refractivity contribution in [2.75, 3.05) is 0 Å². The molecule has 0 saturated carbocycles. The van der Waals surface area contributed by atoms with Crippen LogP contribution in [0.5, 0.6) is 0 Å². The molecule has 0 amide bonds. The number of rotatable bonds is 4. The molecule has 0 N–H and O–H groups in total. The van der Waals surface area contributed by atoms with Gasteiger partial charge in [-0.15, -0.1) is 0 Å². The third-order valence-corrected chi connectivity index (χ3v) is 3.86. The average molecular weight is 230 g/mol. The number of allylic oxidation sites excluding steroid dienone is 3. The normalized spacial score (nSPS) is 13.4. The Labute approximate surface area is 101 Å². The molecule has 0 atom stereocenters. The summed E-state index contributed by atoms with van der Waals surface area (Å²) in [7, 11) is -0.999. The van der Waals surface area contributed by atoms with Crippen LogP contribution in [0.25, 0.3) is 6.08 Å². The molecule has 1 aromatic rings. The van der Waals surface area contributed by atoms with Crippen LogP contribution >= 0.6 is 0 Å². The van der Waals surface area contributed by atoms with E-state index in [1.54, 1.807) is 0 Å². The molecule has 0 radical (unpaired) electrons. The van der Waals surface area contributed by atoms with Gasteiger partial charge in [0, 0.05) is 8.07 Å². The highest BCUT2D eigenvalue weighted by molar-refractivity contribution is 6.76. The Morgan fingerprint density at radius 3 is 2.25 bits per heavy atom. The zero-order chi connectivity index (χ0) is 12.0. The summed E-state index contributed by atoms with van der Waals surface area (Å²) in [6.45, 7) is 9.36. The smallest absolute Gasteiger partial charge is 0.0486 e. The van der Waals surface area contributed by atoms with Gasteiger partial charge < -0.3 is 0 Å². The second-order valence-electron chi connectivity index (χ2n) is 5.35. The van der Waals surface area contributed by atoms with E-state index in [-0.39, 0.29) is 0 Å². The van der Waals surface area contributed by atoms with Gasteiger partial charge in [0.1, 0.15) is 0 Å². The van der Waals surface area contributed by atoms with Crippen molar-refractivity contribution < 1.29 is 0 Å². The lowest BCUT2D eigenvalue weighted by atomic mass is 10.2. The second kappa shape index (κ2) is 5.85. The van der Waals surface area contributed by atoms with Gasteiger partial charge in [0.15, 0.2) is 0 Å². The molecule has 0 aliphatic heterocycles. The predicted molar refractivity (Wildman–Crippen MR) is 77.4 cm³/mol. The summed E-state index contributed by atoms with van der Waals surface area (Å²) < 4.78 is 0. The van der Waals surface area contributed by atoms with Crippen LogP contribution in [0.3, 0.4) is 0 Å². The number of hydrogen-bond acceptors (Lipinski definition) is 0. The lowest BCUT2D eigenvalue weighted by molar-refractivity contribution is 1.38. The highest BCUT2D eigenvalue weighted by atomic mass is 28.3. The van der Waals surface area contributed by atoms with E-state index in [9.17, 15) is 0 Å². The summed E-state index contributed by atoms with van der Waals surface area (Å²) in [5.41, 5.74) is 2.74. The van der Waals surface area contributed by atoms with Crippen LogP contribution in [0.15, 0.2) is 48.1 Å². The van der Waals surface area contributed by atoms with Crippen LogP contribution in [-0.4, -0.2) is 8.07 Å². The average Bonchev–Trinajstić information content (AvgIpc) is 2.24. The van der Waals surface area contributed by atoms with E-state index in [1.165, 1.54) is 17.2 Å². The maximum absolute atomic E-state index is 2.41. The first-order chi connectivity index (χ1) is 7.51. The molecule has 0 aliphatic carbocycles. The quantitative estimate of drug-likeness (QED) is 0.505. The minimum absolute atomic E-state index is 0.999. The van der Waals surface area contributed by atoms with Gasteiger partial charge in [-0.1, -0.05) is 73.8 Å². The van der Waals surface area contributed by atoms with Crippen LogP contribution in [0, 0.1) is 0 Å². The Hall–Kier alpha value is -1.08.